The number of nitrogens with one attached hydrogen (secondary N) is 2. The molecule has 4 rings (SSSR count). The molecule has 0 atom stereocenters. The summed E-state index contributed by atoms with van der Waals surface area (Å²) in [5, 5.41) is 9.32. The molecule has 2 amide bonds. The number of aromatic nitrogens is 6. The highest BCUT2D eigenvalue weighted by atomic mass is 19.1. The van der Waals surface area contributed by atoms with E-state index in [-0.39, 0.29) is 22.9 Å². The van der Waals surface area contributed by atoms with Crippen molar-refractivity contribution in [1.82, 2.24) is 29.3 Å². The number of amides is 2. The number of anilines is 2. The lowest BCUT2D eigenvalue weighted by Gasteiger charge is -2.18. The molecule has 0 radical (unpaired) electrons. The summed E-state index contributed by atoms with van der Waals surface area (Å²) in [6.07, 6.45) is 8.04. The Bertz CT molecular complexity index is 1290. The van der Waals surface area contributed by atoms with Gasteiger partial charge in [0.25, 0.3) is 0 Å². The summed E-state index contributed by atoms with van der Waals surface area (Å²) >= 11 is 0. The first-order valence-electron chi connectivity index (χ1n) is 10.1. The summed E-state index contributed by atoms with van der Waals surface area (Å²) in [6, 6.07) is 5.11. The zero-order valence-corrected chi connectivity index (χ0v) is 18.6. The summed E-state index contributed by atoms with van der Waals surface area (Å²) in [5.41, 5.74) is 1.51. The van der Waals surface area contributed by atoms with Gasteiger partial charge >= 0.3 is 6.03 Å². The highest BCUT2D eigenvalue weighted by Gasteiger charge is 2.15. The van der Waals surface area contributed by atoms with E-state index >= 15 is 0 Å². The molecule has 0 fully saturated rings. The minimum Gasteiger partial charge on any atom is -0.439 e. The van der Waals surface area contributed by atoms with Gasteiger partial charge in [-0.15, -0.1) is 0 Å². The highest BCUT2D eigenvalue weighted by molar-refractivity contribution is 5.99. The topological polar surface area (TPSA) is 112 Å². The molecule has 10 nitrogen and oxygen atoms in total. The molecule has 3 heterocycles. The Labute approximate surface area is 189 Å². The lowest BCUT2D eigenvalue weighted by Crippen LogP contribution is -2.22. The van der Waals surface area contributed by atoms with Gasteiger partial charge in [-0.05, 0) is 32.9 Å². The number of ether oxygens (including phenoxy) is 1. The molecule has 1 aromatic carbocycles. The third-order valence-corrected chi connectivity index (χ3v) is 4.55. The van der Waals surface area contributed by atoms with Crippen molar-refractivity contribution in [2.24, 2.45) is 7.05 Å². The Balaban J connectivity index is 1.41. The molecule has 0 saturated carbocycles. The second-order valence-corrected chi connectivity index (χ2v) is 8.33. The number of nitrogens with zero attached hydrogens (tertiary/aromatic N) is 6. The fourth-order valence-corrected chi connectivity index (χ4v) is 2.90. The summed E-state index contributed by atoms with van der Waals surface area (Å²) in [5.74, 6) is -0.206. The first-order chi connectivity index (χ1) is 15.7. The summed E-state index contributed by atoms with van der Waals surface area (Å²) in [4.78, 5) is 24.7. The van der Waals surface area contributed by atoms with E-state index in [0.29, 0.717) is 17.1 Å². The van der Waals surface area contributed by atoms with Gasteiger partial charge in [0.2, 0.25) is 5.88 Å². The summed E-state index contributed by atoms with van der Waals surface area (Å²) in [6.45, 7) is 5.97. The van der Waals surface area contributed by atoms with Crippen molar-refractivity contribution in [2.75, 3.05) is 10.6 Å². The monoisotopic (exact) mass is 450 g/mol. The Morgan fingerprint density at radius 2 is 1.88 bits per heavy atom. The average Bonchev–Trinajstić information content (AvgIpc) is 3.39. The number of aryl methyl sites for hydroxylation is 1. The molecule has 0 aliphatic rings. The molecule has 3 aromatic heterocycles. The van der Waals surface area contributed by atoms with Gasteiger partial charge in [-0.1, -0.05) is 0 Å². The van der Waals surface area contributed by atoms with Crippen molar-refractivity contribution < 1.29 is 13.9 Å². The Morgan fingerprint density at radius 1 is 1.06 bits per heavy atom. The van der Waals surface area contributed by atoms with Crippen LogP contribution < -0.4 is 15.4 Å². The lowest BCUT2D eigenvalue weighted by atomic mass is 10.1. The van der Waals surface area contributed by atoms with Crippen LogP contribution in [-0.4, -0.2) is 35.3 Å². The molecule has 170 valence electrons. The van der Waals surface area contributed by atoms with Crippen LogP contribution in [0.2, 0.25) is 0 Å². The number of imidazole rings is 1. The van der Waals surface area contributed by atoms with Crippen LogP contribution in [0.1, 0.15) is 20.8 Å². The van der Waals surface area contributed by atoms with Gasteiger partial charge in [0.05, 0.1) is 35.1 Å². The largest absolute Gasteiger partial charge is 0.439 e. The minimum absolute atomic E-state index is 0.0000691. The van der Waals surface area contributed by atoms with Crippen LogP contribution in [0.4, 0.5) is 20.6 Å². The van der Waals surface area contributed by atoms with Gasteiger partial charge in [-0.3, -0.25) is 4.68 Å². The molecule has 0 unspecified atom stereocenters. The molecule has 0 saturated heterocycles. The SMILES string of the molecule is Cn1cnc(-c2cc(Oc3ccc(NC(=O)Nc4cnn(C(C)(C)C)c4)c(F)c3)ncn2)c1. The first-order valence-corrected chi connectivity index (χ1v) is 10.1. The fourth-order valence-electron chi connectivity index (χ4n) is 2.90. The van der Waals surface area contributed by atoms with Crippen LogP contribution in [-0.2, 0) is 12.6 Å². The predicted octanol–water partition coefficient (Wildman–Crippen LogP) is 4.40. The normalized spacial score (nSPS) is 11.3. The molecule has 0 bridgehead atoms. The number of benzene rings is 1. The van der Waals surface area contributed by atoms with Crippen molar-refractivity contribution in [2.45, 2.75) is 26.3 Å². The molecule has 0 spiro atoms. The van der Waals surface area contributed by atoms with Crippen molar-refractivity contribution >= 4 is 17.4 Å². The number of halogens is 1. The standard InChI is InChI=1S/C22H23FN8O2/c1-22(2,3)31-10-14(9-27-31)28-21(32)29-17-6-5-15(7-16(17)23)33-20-8-18(24-12-25-20)19-11-30(4)13-26-19/h5-13H,1-4H3,(H2,28,29,32). The number of carbonyl (C=O) groups excluding carboxylic acids is 1. The molecule has 0 aliphatic carbocycles. The zero-order valence-electron chi connectivity index (χ0n) is 18.6. The third kappa shape index (κ3) is 5.32. The van der Waals surface area contributed by atoms with Gasteiger partial charge in [-0.2, -0.15) is 5.10 Å². The zero-order chi connectivity index (χ0) is 23.6. The predicted molar refractivity (Wildman–Crippen MR) is 121 cm³/mol. The average molecular weight is 450 g/mol. The van der Waals surface area contributed by atoms with Gasteiger partial charge in [-0.25, -0.2) is 24.1 Å². The van der Waals surface area contributed by atoms with Gasteiger partial charge < -0.3 is 19.9 Å². The second-order valence-electron chi connectivity index (χ2n) is 8.33. The van der Waals surface area contributed by atoms with Gasteiger partial charge in [0, 0.05) is 31.6 Å². The number of hydrogen-bond acceptors (Lipinski definition) is 6. The Kier molecular flexibility index (Phi) is 5.78. The number of hydrogen-bond donors (Lipinski definition) is 2. The molecule has 0 aliphatic heterocycles. The smallest absolute Gasteiger partial charge is 0.323 e. The highest BCUT2D eigenvalue weighted by Crippen LogP contribution is 2.26. The van der Waals surface area contributed by atoms with E-state index in [0.717, 1.165) is 6.07 Å². The lowest BCUT2D eigenvalue weighted by molar-refractivity contribution is 0.262. The van der Waals surface area contributed by atoms with Crippen LogP contribution in [0.3, 0.4) is 0 Å². The quantitative estimate of drug-likeness (QED) is 0.466. The molecular weight excluding hydrogens is 427 g/mol. The first kappa shape index (κ1) is 21.9. The Morgan fingerprint density at radius 3 is 2.55 bits per heavy atom. The number of urea groups is 1. The summed E-state index contributed by atoms with van der Waals surface area (Å²) < 4.78 is 23.7. The maximum atomic E-state index is 14.6. The van der Waals surface area contributed by atoms with E-state index in [9.17, 15) is 9.18 Å². The van der Waals surface area contributed by atoms with Crippen LogP contribution in [0, 0.1) is 5.82 Å². The number of carbonyl (C=O) groups is 1. The van der Waals surface area contributed by atoms with Crippen LogP contribution in [0.15, 0.2) is 55.5 Å². The third-order valence-electron chi connectivity index (χ3n) is 4.55. The second kappa shape index (κ2) is 8.69. The van der Waals surface area contributed by atoms with Crippen molar-refractivity contribution in [1.29, 1.82) is 0 Å². The number of rotatable bonds is 5. The van der Waals surface area contributed by atoms with Crippen molar-refractivity contribution in [3.8, 4) is 23.0 Å². The van der Waals surface area contributed by atoms with Gasteiger partial charge in [0.15, 0.2) is 0 Å². The van der Waals surface area contributed by atoms with E-state index in [1.165, 1.54) is 24.7 Å². The molecule has 11 heteroatoms. The van der Waals surface area contributed by atoms with Crippen LogP contribution in [0.5, 0.6) is 11.6 Å². The van der Waals surface area contributed by atoms with Crippen molar-refractivity contribution in [3.05, 3.63) is 61.3 Å². The fraction of sp³-hybridized carbons (Fsp3) is 0.227. The van der Waals surface area contributed by atoms with Crippen LogP contribution in [0.25, 0.3) is 11.4 Å². The Hall–Kier alpha value is -4.28. The molecule has 33 heavy (non-hydrogen) atoms. The van der Waals surface area contributed by atoms with E-state index in [1.807, 2.05) is 34.0 Å². The van der Waals surface area contributed by atoms with E-state index in [1.54, 1.807) is 27.8 Å². The summed E-state index contributed by atoms with van der Waals surface area (Å²) in [7, 11) is 1.85. The maximum absolute atomic E-state index is 14.6. The van der Waals surface area contributed by atoms with E-state index < -0.39 is 11.8 Å². The van der Waals surface area contributed by atoms with Crippen molar-refractivity contribution in [3.63, 3.8) is 0 Å². The van der Waals surface area contributed by atoms with E-state index in [4.69, 9.17) is 4.74 Å². The molecule has 2 N–H and O–H groups in total. The maximum Gasteiger partial charge on any atom is 0.323 e. The minimum atomic E-state index is -0.660. The van der Waals surface area contributed by atoms with E-state index in [2.05, 4.69) is 30.7 Å². The van der Waals surface area contributed by atoms with Crippen LogP contribution >= 0.6 is 0 Å². The molecule has 4 aromatic rings. The van der Waals surface area contributed by atoms with Gasteiger partial charge in [0.1, 0.15) is 23.6 Å². The molecular formula is C22H23FN8O2.